The molecule has 1 heterocycles. The van der Waals surface area contributed by atoms with Gasteiger partial charge in [-0.25, -0.2) is 4.98 Å². The first kappa shape index (κ1) is 32.8. The Morgan fingerprint density at radius 1 is 0.368 bits per heavy atom. The van der Waals surface area contributed by atoms with E-state index in [0.29, 0.717) is 0 Å². The van der Waals surface area contributed by atoms with E-state index in [-0.39, 0.29) is 0 Å². The molecular weight excluding hydrogens is 691 g/mol. The van der Waals surface area contributed by atoms with E-state index >= 15 is 0 Å². The first-order valence-electron chi connectivity index (χ1n) is 19.4. The van der Waals surface area contributed by atoms with Crippen molar-refractivity contribution in [3.63, 3.8) is 0 Å². The van der Waals surface area contributed by atoms with Crippen LogP contribution in [0.3, 0.4) is 0 Å². The summed E-state index contributed by atoms with van der Waals surface area (Å²) >= 11 is 0. The first-order chi connectivity index (χ1) is 28.3. The molecule has 11 aromatic rings. The number of hydrogen-bond donors (Lipinski definition) is 0. The van der Waals surface area contributed by atoms with Crippen LogP contribution in [-0.4, -0.2) is 9.97 Å². The number of fused-ring (bicyclic) bond motifs is 9. The van der Waals surface area contributed by atoms with Crippen LogP contribution in [0.1, 0.15) is 0 Å². The average molecular weight is 726 g/mol. The molecule has 0 unspecified atom stereocenters. The molecule has 0 amide bonds. The average Bonchev–Trinajstić information content (AvgIpc) is 3.30. The standard InChI is InChI=1S/C54H35N3/c1-4-16-36(17-5-1)47-34-48(37-18-6-2-7-19-37)53-45-27-15-13-25-43(45)49-33-40(28-29-46(49)54(53)52(47)38-20-8-3-9-21-38)57(51-35-55-30-31-56-51)50-32-39-22-10-11-23-41(39)42-24-12-14-26-44(42)50/h1-35H. The van der Waals surface area contributed by atoms with Crippen LogP contribution in [0.5, 0.6) is 0 Å². The fourth-order valence-corrected chi connectivity index (χ4v) is 8.90. The fourth-order valence-electron chi connectivity index (χ4n) is 8.90. The second-order valence-electron chi connectivity index (χ2n) is 14.5. The highest BCUT2D eigenvalue weighted by Crippen LogP contribution is 2.50. The predicted octanol–water partition coefficient (Wildman–Crippen LogP) is 14.7. The van der Waals surface area contributed by atoms with Crippen molar-refractivity contribution in [3.8, 4) is 33.4 Å². The van der Waals surface area contributed by atoms with Gasteiger partial charge in [-0.15, -0.1) is 0 Å². The van der Waals surface area contributed by atoms with Gasteiger partial charge in [-0.1, -0.05) is 170 Å². The molecule has 11 rings (SSSR count). The second kappa shape index (κ2) is 13.6. The van der Waals surface area contributed by atoms with Crippen LogP contribution in [0.2, 0.25) is 0 Å². The monoisotopic (exact) mass is 725 g/mol. The van der Waals surface area contributed by atoms with Crippen LogP contribution < -0.4 is 4.90 Å². The molecule has 0 aliphatic rings. The van der Waals surface area contributed by atoms with Crippen molar-refractivity contribution >= 4 is 71.1 Å². The summed E-state index contributed by atoms with van der Waals surface area (Å²) in [6.07, 6.45) is 5.37. The van der Waals surface area contributed by atoms with Gasteiger partial charge in [0.05, 0.1) is 11.9 Å². The lowest BCUT2D eigenvalue weighted by molar-refractivity contribution is 1.13. The minimum Gasteiger partial charge on any atom is -0.293 e. The SMILES string of the molecule is c1ccc(-c2cc(-c3ccccc3)c3c4ccccc4c4cc(N(c5cnccn5)c5cc6ccccc6c6ccccc56)ccc4c3c2-c2ccccc2)cc1. The lowest BCUT2D eigenvalue weighted by Crippen LogP contribution is -2.12. The maximum atomic E-state index is 4.92. The van der Waals surface area contributed by atoms with Crippen LogP contribution in [-0.2, 0) is 0 Å². The number of benzene rings is 10. The van der Waals surface area contributed by atoms with Crippen molar-refractivity contribution in [3.05, 3.63) is 213 Å². The molecular formula is C54H35N3. The molecule has 0 saturated heterocycles. The lowest BCUT2D eigenvalue weighted by atomic mass is 9.81. The molecule has 0 N–H and O–H groups in total. The molecule has 0 radical (unpaired) electrons. The van der Waals surface area contributed by atoms with Gasteiger partial charge in [0.2, 0.25) is 0 Å². The number of aromatic nitrogens is 2. The summed E-state index contributed by atoms with van der Waals surface area (Å²) < 4.78 is 0. The van der Waals surface area contributed by atoms with Crippen molar-refractivity contribution in [1.29, 1.82) is 0 Å². The molecule has 3 nitrogen and oxygen atoms in total. The Balaban J connectivity index is 1.30. The molecule has 0 atom stereocenters. The van der Waals surface area contributed by atoms with Crippen molar-refractivity contribution in [2.45, 2.75) is 0 Å². The van der Waals surface area contributed by atoms with E-state index in [1.54, 1.807) is 12.4 Å². The van der Waals surface area contributed by atoms with Gasteiger partial charge in [-0.2, -0.15) is 0 Å². The zero-order chi connectivity index (χ0) is 37.7. The molecule has 0 spiro atoms. The molecule has 1 aromatic heterocycles. The van der Waals surface area contributed by atoms with Gasteiger partial charge in [0, 0.05) is 23.5 Å². The van der Waals surface area contributed by atoms with Crippen LogP contribution >= 0.6 is 0 Å². The number of hydrogen-bond acceptors (Lipinski definition) is 3. The lowest BCUT2D eigenvalue weighted by Gasteiger charge is -2.27. The van der Waals surface area contributed by atoms with E-state index in [2.05, 4.69) is 204 Å². The largest absolute Gasteiger partial charge is 0.293 e. The molecule has 0 saturated carbocycles. The summed E-state index contributed by atoms with van der Waals surface area (Å²) in [5, 5.41) is 12.0. The highest BCUT2D eigenvalue weighted by molar-refractivity contribution is 6.33. The third-order valence-electron chi connectivity index (χ3n) is 11.3. The van der Waals surface area contributed by atoms with Gasteiger partial charge in [-0.3, -0.25) is 9.88 Å². The van der Waals surface area contributed by atoms with Crippen molar-refractivity contribution in [1.82, 2.24) is 9.97 Å². The van der Waals surface area contributed by atoms with Crippen LogP contribution in [0.4, 0.5) is 17.2 Å². The van der Waals surface area contributed by atoms with Crippen LogP contribution in [0, 0.1) is 0 Å². The third-order valence-corrected chi connectivity index (χ3v) is 11.3. The van der Waals surface area contributed by atoms with Gasteiger partial charge in [0.15, 0.2) is 5.82 Å². The zero-order valence-electron chi connectivity index (χ0n) is 31.0. The molecule has 3 heteroatoms. The Morgan fingerprint density at radius 3 is 1.61 bits per heavy atom. The summed E-state index contributed by atoms with van der Waals surface area (Å²) in [6.45, 7) is 0. The molecule has 0 bridgehead atoms. The Labute approximate surface area is 330 Å². The van der Waals surface area contributed by atoms with E-state index in [1.807, 2.05) is 6.20 Å². The maximum absolute atomic E-state index is 4.92. The quantitative estimate of drug-likeness (QED) is 0.160. The van der Waals surface area contributed by atoms with Crippen LogP contribution in [0.15, 0.2) is 213 Å². The van der Waals surface area contributed by atoms with E-state index in [1.165, 1.54) is 81.9 Å². The Bertz CT molecular complexity index is 3270. The summed E-state index contributed by atoms with van der Waals surface area (Å²) in [5.41, 5.74) is 9.28. The number of rotatable bonds is 6. The van der Waals surface area contributed by atoms with Gasteiger partial charge in [0.1, 0.15) is 0 Å². The van der Waals surface area contributed by atoms with Gasteiger partial charge in [-0.05, 0) is 106 Å². The topological polar surface area (TPSA) is 29.0 Å². The Morgan fingerprint density at radius 2 is 0.930 bits per heavy atom. The molecule has 57 heavy (non-hydrogen) atoms. The van der Waals surface area contributed by atoms with Crippen LogP contribution in [0.25, 0.3) is 87.2 Å². The summed E-state index contributed by atoms with van der Waals surface area (Å²) in [4.78, 5) is 11.8. The van der Waals surface area contributed by atoms with E-state index in [4.69, 9.17) is 4.98 Å². The third kappa shape index (κ3) is 5.43. The van der Waals surface area contributed by atoms with Gasteiger partial charge in [0.25, 0.3) is 0 Å². The van der Waals surface area contributed by atoms with Gasteiger partial charge < -0.3 is 0 Å². The molecule has 0 fully saturated rings. The summed E-state index contributed by atoms with van der Waals surface area (Å²) in [6, 6.07) is 70.5. The number of nitrogens with zero attached hydrogens (tertiary/aromatic N) is 3. The Hall–Kier alpha value is -7.62. The minimum absolute atomic E-state index is 0.755. The first-order valence-corrected chi connectivity index (χ1v) is 19.4. The summed E-state index contributed by atoms with van der Waals surface area (Å²) in [7, 11) is 0. The fraction of sp³-hybridized carbons (Fsp3) is 0. The number of anilines is 3. The normalized spacial score (nSPS) is 11.5. The zero-order valence-corrected chi connectivity index (χ0v) is 31.0. The molecule has 10 aromatic carbocycles. The maximum Gasteiger partial charge on any atom is 0.156 e. The Kier molecular flexibility index (Phi) is 7.82. The summed E-state index contributed by atoms with van der Waals surface area (Å²) in [5.74, 6) is 0.755. The molecule has 0 aliphatic heterocycles. The van der Waals surface area contributed by atoms with Crippen molar-refractivity contribution < 1.29 is 0 Å². The minimum atomic E-state index is 0.755. The highest BCUT2D eigenvalue weighted by atomic mass is 15.2. The molecule has 0 aliphatic carbocycles. The van der Waals surface area contributed by atoms with E-state index in [0.717, 1.165) is 22.6 Å². The van der Waals surface area contributed by atoms with E-state index < -0.39 is 0 Å². The van der Waals surface area contributed by atoms with Crippen molar-refractivity contribution in [2.75, 3.05) is 4.90 Å². The second-order valence-corrected chi connectivity index (χ2v) is 14.5. The predicted molar refractivity (Wildman–Crippen MR) is 241 cm³/mol. The van der Waals surface area contributed by atoms with E-state index in [9.17, 15) is 0 Å². The van der Waals surface area contributed by atoms with Crippen molar-refractivity contribution in [2.24, 2.45) is 0 Å². The van der Waals surface area contributed by atoms with Gasteiger partial charge >= 0.3 is 0 Å². The highest BCUT2D eigenvalue weighted by Gasteiger charge is 2.24. The molecule has 266 valence electrons. The smallest absolute Gasteiger partial charge is 0.156 e.